The highest BCUT2D eigenvalue weighted by Gasteiger charge is 2.27. The van der Waals surface area contributed by atoms with Gasteiger partial charge in [-0.3, -0.25) is 4.79 Å². The van der Waals surface area contributed by atoms with E-state index >= 15 is 0 Å². The summed E-state index contributed by atoms with van der Waals surface area (Å²) in [5.41, 5.74) is 0.580. The summed E-state index contributed by atoms with van der Waals surface area (Å²) in [5.74, 6) is 0.720. The van der Waals surface area contributed by atoms with Gasteiger partial charge in [-0.25, -0.2) is 0 Å². The van der Waals surface area contributed by atoms with Crippen LogP contribution in [-0.2, 0) is 0 Å². The molecule has 0 spiro atoms. The zero-order chi connectivity index (χ0) is 14.0. The highest BCUT2D eigenvalue weighted by molar-refractivity contribution is 9.10. The average molecular weight is 345 g/mol. The predicted octanol–water partition coefficient (Wildman–Crippen LogP) is 4.75. The van der Waals surface area contributed by atoms with Crippen LogP contribution in [-0.4, -0.2) is 23.9 Å². The first-order valence-corrected chi connectivity index (χ1v) is 7.89. The Labute approximate surface area is 128 Å². The largest absolute Gasteiger partial charge is 0.339 e. The summed E-state index contributed by atoms with van der Waals surface area (Å²) in [6.45, 7) is 2.26. The van der Waals surface area contributed by atoms with Gasteiger partial charge in [0, 0.05) is 17.6 Å². The van der Waals surface area contributed by atoms with Crippen molar-refractivity contribution in [2.45, 2.75) is 38.6 Å². The van der Waals surface area contributed by atoms with Gasteiger partial charge in [0.2, 0.25) is 0 Å². The summed E-state index contributed by atoms with van der Waals surface area (Å²) < 4.78 is 0.769. The Morgan fingerprint density at radius 2 is 2.16 bits per heavy atom. The molecule has 0 heterocycles. The minimum absolute atomic E-state index is 0.0189. The molecule has 2 nitrogen and oxygen atoms in total. The number of carbonyl (C=O) groups is 1. The maximum Gasteiger partial charge on any atom is 0.255 e. The Morgan fingerprint density at radius 3 is 2.84 bits per heavy atom. The molecule has 1 aliphatic rings. The van der Waals surface area contributed by atoms with Crippen molar-refractivity contribution >= 4 is 33.4 Å². The first-order valence-electron chi connectivity index (χ1n) is 6.72. The molecule has 1 amide bonds. The topological polar surface area (TPSA) is 20.3 Å². The van der Waals surface area contributed by atoms with Crippen LogP contribution in [0.4, 0.5) is 0 Å². The molecular weight excluding hydrogens is 326 g/mol. The summed E-state index contributed by atoms with van der Waals surface area (Å²) in [6.07, 6.45) is 4.66. The number of benzene rings is 1. The monoisotopic (exact) mass is 343 g/mol. The lowest BCUT2D eigenvalue weighted by atomic mass is 9.86. The molecule has 0 bridgehead atoms. The SMILES string of the molecule is CC1CCCC(N(C)C(=O)c2cccc(Br)c2Cl)C1. The number of nitrogens with zero attached hydrogens (tertiary/aromatic N) is 1. The molecule has 2 unspecified atom stereocenters. The number of halogens is 2. The lowest BCUT2D eigenvalue weighted by Crippen LogP contribution is -2.39. The van der Waals surface area contributed by atoms with E-state index in [0.717, 1.165) is 17.3 Å². The molecule has 19 heavy (non-hydrogen) atoms. The highest BCUT2D eigenvalue weighted by Crippen LogP contribution is 2.30. The van der Waals surface area contributed by atoms with Crippen molar-refractivity contribution in [2.24, 2.45) is 5.92 Å². The number of amides is 1. The molecule has 1 fully saturated rings. The molecule has 0 saturated heterocycles. The van der Waals surface area contributed by atoms with Crippen molar-refractivity contribution in [2.75, 3.05) is 7.05 Å². The first-order chi connectivity index (χ1) is 9.00. The summed E-state index contributed by atoms with van der Waals surface area (Å²) in [7, 11) is 1.89. The third-order valence-corrected chi connectivity index (χ3v) is 5.26. The zero-order valence-electron chi connectivity index (χ0n) is 11.3. The Bertz CT molecular complexity index is 477. The second-order valence-corrected chi connectivity index (χ2v) is 6.68. The molecule has 0 aromatic heterocycles. The van der Waals surface area contributed by atoms with Crippen molar-refractivity contribution < 1.29 is 4.79 Å². The summed E-state index contributed by atoms with van der Waals surface area (Å²) in [6, 6.07) is 5.83. The van der Waals surface area contributed by atoms with Crippen LogP contribution in [0.25, 0.3) is 0 Å². The van der Waals surface area contributed by atoms with Gasteiger partial charge in [-0.05, 0) is 46.8 Å². The summed E-state index contributed by atoms with van der Waals surface area (Å²) >= 11 is 9.57. The second kappa shape index (κ2) is 6.27. The van der Waals surface area contributed by atoms with E-state index < -0.39 is 0 Å². The van der Waals surface area contributed by atoms with Gasteiger partial charge >= 0.3 is 0 Å². The molecular formula is C15H19BrClNO. The molecule has 4 heteroatoms. The van der Waals surface area contributed by atoms with E-state index in [1.54, 1.807) is 6.07 Å². The van der Waals surface area contributed by atoms with Gasteiger partial charge in [-0.2, -0.15) is 0 Å². The van der Waals surface area contributed by atoms with Crippen LogP contribution in [0.3, 0.4) is 0 Å². The van der Waals surface area contributed by atoms with Crippen molar-refractivity contribution in [1.82, 2.24) is 4.90 Å². The number of hydrogen-bond acceptors (Lipinski definition) is 1. The van der Waals surface area contributed by atoms with Crippen LogP contribution in [0, 0.1) is 5.92 Å². The highest BCUT2D eigenvalue weighted by atomic mass is 79.9. The minimum atomic E-state index is 0.0189. The van der Waals surface area contributed by atoms with Crippen molar-refractivity contribution in [3.05, 3.63) is 33.3 Å². The standard InChI is InChI=1S/C15H19BrClNO/c1-10-5-3-6-11(9-10)18(2)15(19)12-7-4-8-13(16)14(12)17/h4,7-8,10-11H,3,5-6,9H2,1-2H3. The summed E-state index contributed by atoms with van der Waals surface area (Å²) in [4.78, 5) is 14.4. The smallest absolute Gasteiger partial charge is 0.255 e. The van der Waals surface area contributed by atoms with E-state index in [9.17, 15) is 4.79 Å². The van der Waals surface area contributed by atoms with Gasteiger partial charge in [0.15, 0.2) is 0 Å². The van der Waals surface area contributed by atoms with E-state index in [1.165, 1.54) is 12.8 Å². The van der Waals surface area contributed by atoms with Crippen LogP contribution < -0.4 is 0 Å². The molecule has 0 aliphatic heterocycles. The fourth-order valence-corrected chi connectivity index (χ4v) is 3.35. The maximum absolute atomic E-state index is 12.5. The zero-order valence-corrected chi connectivity index (χ0v) is 13.7. The maximum atomic E-state index is 12.5. The van der Waals surface area contributed by atoms with Gasteiger partial charge < -0.3 is 4.90 Å². The van der Waals surface area contributed by atoms with E-state index in [-0.39, 0.29) is 5.91 Å². The van der Waals surface area contributed by atoms with Crippen LogP contribution >= 0.6 is 27.5 Å². The predicted molar refractivity (Wildman–Crippen MR) is 82.7 cm³/mol. The first kappa shape index (κ1) is 14.9. The third kappa shape index (κ3) is 3.32. The minimum Gasteiger partial charge on any atom is -0.339 e. The average Bonchev–Trinajstić information content (AvgIpc) is 2.40. The number of hydrogen-bond donors (Lipinski definition) is 0. The van der Waals surface area contributed by atoms with E-state index in [1.807, 2.05) is 24.1 Å². The lowest BCUT2D eigenvalue weighted by molar-refractivity contribution is 0.0672. The van der Waals surface area contributed by atoms with Crippen molar-refractivity contribution in [3.8, 4) is 0 Å². The van der Waals surface area contributed by atoms with Crippen LogP contribution in [0.5, 0.6) is 0 Å². The van der Waals surface area contributed by atoms with Crippen molar-refractivity contribution in [3.63, 3.8) is 0 Å². The van der Waals surface area contributed by atoms with Crippen molar-refractivity contribution in [1.29, 1.82) is 0 Å². The van der Waals surface area contributed by atoms with Crippen LogP contribution in [0.15, 0.2) is 22.7 Å². The third-order valence-electron chi connectivity index (χ3n) is 3.96. The molecule has 0 radical (unpaired) electrons. The molecule has 1 aliphatic carbocycles. The molecule has 2 atom stereocenters. The number of carbonyl (C=O) groups excluding carboxylic acids is 1. The molecule has 2 rings (SSSR count). The normalized spacial score (nSPS) is 23.2. The van der Waals surface area contributed by atoms with Gasteiger partial charge in [0.1, 0.15) is 0 Å². The molecule has 1 aromatic carbocycles. The van der Waals surface area contributed by atoms with Crippen LogP contribution in [0.2, 0.25) is 5.02 Å². The van der Waals surface area contributed by atoms with E-state index in [4.69, 9.17) is 11.6 Å². The summed E-state index contributed by atoms with van der Waals surface area (Å²) in [5, 5.41) is 0.503. The van der Waals surface area contributed by atoms with E-state index in [2.05, 4.69) is 22.9 Å². The van der Waals surface area contributed by atoms with Gasteiger partial charge in [0.25, 0.3) is 5.91 Å². The van der Waals surface area contributed by atoms with Crippen LogP contribution in [0.1, 0.15) is 43.0 Å². The van der Waals surface area contributed by atoms with Gasteiger partial charge in [-0.1, -0.05) is 37.4 Å². The van der Waals surface area contributed by atoms with Gasteiger partial charge in [0.05, 0.1) is 10.6 Å². The fraction of sp³-hybridized carbons (Fsp3) is 0.533. The molecule has 0 N–H and O–H groups in total. The lowest BCUT2D eigenvalue weighted by Gasteiger charge is -2.34. The Hall–Kier alpha value is -0.540. The number of rotatable bonds is 2. The van der Waals surface area contributed by atoms with E-state index in [0.29, 0.717) is 22.5 Å². The van der Waals surface area contributed by atoms with Gasteiger partial charge in [-0.15, -0.1) is 0 Å². The second-order valence-electron chi connectivity index (χ2n) is 5.44. The Kier molecular flexibility index (Phi) is 4.91. The molecule has 1 aromatic rings. The molecule has 1 saturated carbocycles. The quantitative estimate of drug-likeness (QED) is 0.758. The Morgan fingerprint density at radius 1 is 1.42 bits per heavy atom. The Balaban J connectivity index is 2.16. The molecule has 104 valence electrons. The fourth-order valence-electron chi connectivity index (χ4n) is 2.78.